The van der Waals surface area contributed by atoms with Gasteiger partial charge >= 0.3 is 0 Å². The first-order valence-electron chi connectivity index (χ1n) is 6.46. The van der Waals surface area contributed by atoms with Crippen molar-refractivity contribution in [2.75, 3.05) is 13.7 Å². The van der Waals surface area contributed by atoms with E-state index in [1.807, 2.05) is 13.8 Å². The summed E-state index contributed by atoms with van der Waals surface area (Å²) in [4.78, 5) is 11.5. The van der Waals surface area contributed by atoms with Crippen LogP contribution in [0.3, 0.4) is 0 Å². The molecule has 0 aliphatic rings. The molecule has 0 atom stereocenters. The maximum atomic E-state index is 11.5. The molecule has 112 valence electrons. The van der Waals surface area contributed by atoms with E-state index in [2.05, 4.69) is 10.6 Å². The number of hydrogen-bond donors (Lipinski definition) is 2. The van der Waals surface area contributed by atoms with Crippen molar-refractivity contribution in [3.8, 4) is 5.75 Å². The van der Waals surface area contributed by atoms with E-state index >= 15 is 0 Å². The molecule has 1 amide bonds. The van der Waals surface area contributed by atoms with Crippen molar-refractivity contribution in [1.29, 1.82) is 0 Å². The molecule has 1 rings (SSSR count). The number of amides is 1. The fourth-order valence-electron chi connectivity index (χ4n) is 1.79. The van der Waals surface area contributed by atoms with Crippen LogP contribution in [0.4, 0.5) is 0 Å². The Hall–Kier alpha value is -0.970. The van der Waals surface area contributed by atoms with Gasteiger partial charge in [-0.3, -0.25) is 4.79 Å². The molecule has 0 aliphatic heterocycles. The number of methoxy groups -OCH3 is 1. The van der Waals surface area contributed by atoms with E-state index in [9.17, 15) is 4.79 Å². The lowest BCUT2D eigenvalue weighted by Crippen LogP contribution is -2.32. The summed E-state index contributed by atoms with van der Waals surface area (Å²) in [5.41, 5.74) is 0.870. The van der Waals surface area contributed by atoms with E-state index in [1.165, 1.54) is 0 Å². The first-order chi connectivity index (χ1) is 9.43. The number of rotatable bonds is 7. The van der Waals surface area contributed by atoms with Crippen molar-refractivity contribution in [1.82, 2.24) is 10.6 Å². The van der Waals surface area contributed by atoms with Gasteiger partial charge in [0.1, 0.15) is 5.75 Å². The van der Waals surface area contributed by atoms with Gasteiger partial charge in [0, 0.05) is 36.1 Å². The molecule has 0 unspecified atom stereocenters. The molecule has 6 heteroatoms. The number of nitrogens with one attached hydrogen (secondary N) is 2. The number of carbonyl (C=O) groups is 1. The molecular formula is C14H20Cl2N2O2. The Balaban J connectivity index is 2.48. The molecule has 1 aromatic rings. The molecule has 0 fully saturated rings. The van der Waals surface area contributed by atoms with Crippen molar-refractivity contribution in [3.05, 3.63) is 27.7 Å². The fourth-order valence-corrected chi connectivity index (χ4v) is 2.41. The summed E-state index contributed by atoms with van der Waals surface area (Å²) in [5.74, 6) is 0.638. The summed E-state index contributed by atoms with van der Waals surface area (Å²) >= 11 is 12.0. The number of benzene rings is 1. The lowest BCUT2D eigenvalue weighted by Gasteiger charge is -2.12. The van der Waals surface area contributed by atoms with Gasteiger partial charge in [-0.2, -0.15) is 0 Å². The van der Waals surface area contributed by atoms with Crippen molar-refractivity contribution in [2.24, 2.45) is 0 Å². The van der Waals surface area contributed by atoms with Gasteiger partial charge in [0.2, 0.25) is 5.91 Å². The third kappa shape index (κ3) is 5.57. The minimum atomic E-state index is 0.0311. The lowest BCUT2D eigenvalue weighted by atomic mass is 10.2. The fraction of sp³-hybridized carbons (Fsp3) is 0.500. The number of halogens is 2. The van der Waals surface area contributed by atoms with Crippen LogP contribution in [0.1, 0.15) is 25.8 Å². The van der Waals surface area contributed by atoms with Crippen LogP contribution in [0.25, 0.3) is 0 Å². The van der Waals surface area contributed by atoms with Gasteiger partial charge in [0.25, 0.3) is 0 Å². The highest BCUT2D eigenvalue weighted by Gasteiger charge is 2.10. The van der Waals surface area contributed by atoms with Gasteiger partial charge < -0.3 is 15.4 Å². The number of carbonyl (C=O) groups excluding carboxylic acids is 1. The smallest absolute Gasteiger partial charge is 0.221 e. The number of ether oxygens (including phenoxy) is 1. The molecule has 1 aromatic carbocycles. The van der Waals surface area contributed by atoms with E-state index in [0.29, 0.717) is 35.3 Å². The molecule has 0 bridgehead atoms. The molecule has 0 heterocycles. The van der Waals surface area contributed by atoms with E-state index in [-0.39, 0.29) is 11.9 Å². The Morgan fingerprint density at radius 2 is 2.05 bits per heavy atom. The molecule has 0 aromatic heterocycles. The normalized spacial score (nSPS) is 10.7. The highest BCUT2D eigenvalue weighted by atomic mass is 35.5. The van der Waals surface area contributed by atoms with Gasteiger partial charge in [0.05, 0.1) is 12.1 Å². The molecule has 0 saturated heterocycles. The van der Waals surface area contributed by atoms with Crippen molar-refractivity contribution in [3.63, 3.8) is 0 Å². The van der Waals surface area contributed by atoms with Crippen LogP contribution >= 0.6 is 23.2 Å². The predicted octanol–water partition coefficient (Wildman–Crippen LogP) is 3.01. The SMILES string of the molecule is COc1c(Cl)cc(Cl)cc1CNCCC(=O)NC(C)C. The Bertz CT molecular complexity index is 465. The Kier molecular flexibility index (Phi) is 7.13. The highest BCUT2D eigenvalue weighted by Crippen LogP contribution is 2.31. The number of hydrogen-bond acceptors (Lipinski definition) is 3. The predicted molar refractivity (Wildman–Crippen MR) is 82.6 cm³/mol. The molecule has 0 aliphatic carbocycles. The molecule has 0 saturated carbocycles. The summed E-state index contributed by atoms with van der Waals surface area (Å²) in [6.45, 7) is 4.98. The van der Waals surface area contributed by atoms with Crippen molar-refractivity contribution in [2.45, 2.75) is 32.9 Å². The first kappa shape index (κ1) is 17.1. The highest BCUT2D eigenvalue weighted by molar-refractivity contribution is 6.35. The van der Waals surface area contributed by atoms with E-state index in [0.717, 1.165) is 5.56 Å². The molecule has 2 N–H and O–H groups in total. The van der Waals surface area contributed by atoms with E-state index in [4.69, 9.17) is 27.9 Å². The molecule has 20 heavy (non-hydrogen) atoms. The van der Waals surface area contributed by atoms with Crippen LogP contribution in [0.2, 0.25) is 10.0 Å². The second kappa shape index (κ2) is 8.35. The van der Waals surface area contributed by atoms with Crippen LogP contribution in [0, 0.1) is 0 Å². The quantitative estimate of drug-likeness (QED) is 0.760. The summed E-state index contributed by atoms with van der Waals surface area (Å²) in [5, 5.41) is 7.05. The van der Waals surface area contributed by atoms with Crippen molar-refractivity contribution >= 4 is 29.1 Å². The Morgan fingerprint density at radius 1 is 1.35 bits per heavy atom. The topological polar surface area (TPSA) is 50.4 Å². The van der Waals surface area contributed by atoms with Gasteiger partial charge in [0.15, 0.2) is 0 Å². The van der Waals surface area contributed by atoms with Gasteiger partial charge in [-0.25, -0.2) is 0 Å². The molecule has 4 nitrogen and oxygen atoms in total. The second-order valence-electron chi connectivity index (χ2n) is 4.73. The summed E-state index contributed by atoms with van der Waals surface area (Å²) in [6.07, 6.45) is 0.425. The second-order valence-corrected chi connectivity index (χ2v) is 5.57. The maximum absolute atomic E-state index is 11.5. The van der Waals surface area contributed by atoms with Crippen LogP contribution in [-0.4, -0.2) is 25.6 Å². The lowest BCUT2D eigenvalue weighted by molar-refractivity contribution is -0.121. The third-order valence-electron chi connectivity index (χ3n) is 2.58. The van der Waals surface area contributed by atoms with Crippen LogP contribution in [-0.2, 0) is 11.3 Å². The molecule has 0 radical (unpaired) electrons. The van der Waals surface area contributed by atoms with Gasteiger partial charge in [-0.15, -0.1) is 0 Å². The summed E-state index contributed by atoms with van der Waals surface area (Å²) < 4.78 is 5.25. The van der Waals surface area contributed by atoms with Gasteiger partial charge in [-0.1, -0.05) is 23.2 Å². The van der Waals surface area contributed by atoms with E-state index < -0.39 is 0 Å². The third-order valence-corrected chi connectivity index (χ3v) is 3.08. The van der Waals surface area contributed by atoms with Gasteiger partial charge in [-0.05, 0) is 26.0 Å². The zero-order valence-corrected chi connectivity index (χ0v) is 13.4. The zero-order chi connectivity index (χ0) is 15.1. The largest absolute Gasteiger partial charge is 0.495 e. The zero-order valence-electron chi connectivity index (χ0n) is 11.9. The van der Waals surface area contributed by atoms with E-state index in [1.54, 1.807) is 19.2 Å². The molecule has 0 spiro atoms. The standard InChI is InChI=1S/C14H20Cl2N2O2/c1-9(2)18-13(19)4-5-17-8-10-6-11(15)7-12(16)14(10)20-3/h6-7,9,17H,4-5,8H2,1-3H3,(H,18,19). The summed E-state index contributed by atoms with van der Waals surface area (Å²) in [6, 6.07) is 3.60. The van der Waals surface area contributed by atoms with Crippen LogP contribution in [0.5, 0.6) is 5.75 Å². The van der Waals surface area contributed by atoms with Crippen LogP contribution in [0.15, 0.2) is 12.1 Å². The molecular weight excluding hydrogens is 299 g/mol. The summed E-state index contributed by atoms with van der Waals surface area (Å²) in [7, 11) is 1.56. The van der Waals surface area contributed by atoms with Crippen molar-refractivity contribution < 1.29 is 9.53 Å². The Morgan fingerprint density at radius 3 is 2.65 bits per heavy atom. The monoisotopic (exact) mass is 318 g/mol. The first-order valence-corrected chi connectivity index (χ1v) is 7.21. The minimum absolute atomic E-state index is 0.0311. The Labute approximate surface area is 129 Å². The minimum Gasteiger partial charge on any atom is -0.495 e. The maximum Gasteiger partial charge on any atom is 0.221 e. The average Bonchev–Trinajstić information content (AvgIpc) is 2.33. The van der Waals surface area contributed by atoms with Crippen LogP contribution < -0.4 is 15.4 Å². The average molecular weight is 319 g/mol.